The lowest BCUT2D eigenvalue weighted by Gasteiger charge is -2.40. The van der Waals surface area contributed by atoms with E-state index < -0.39 is 29.7 Å². The van der Waals surface area contributed by atoms with Crippen molar-refractivity contribution >= 4 is 74.4 Å². The van der Waals surface area contributed by atoms with Crippen LogP contribution in [0.3, 0.4) is 0 Å². The van der Waals surface area contributed by atoms with Crippen LogP contribution >= 0.6 is 39.1 Å². The first-order valence-electron chi connectivity index (χ1n) is 14.1. The zero-order valence-electron chi connectivity index (χ0n) is 23.6. The van der Waals surface area contributed by atoms with E-state index in [0.29, 0.717) is 51.2 Å². The fourth-order valence-electron chi connectivity index (χ4n) is 5.85. The average Bonchev–Trinajstić information content (AvgIpc) is 3.24. The molecule has 0 spiro atoms. The van der Waals surface area contributed by atoms with Crippen LogP contribution in [0.1, 0.15) is 58.9 Å². The Morgan fingerprint density at radius 2 is 1.84 bits per heavy atom. The van der Waals surface area contributed by atoms with Gasteiger partial charge in [0, 0.05) is 41.6 Å². The number of fused-ring (bicyclic) bond motifs is 1. The number of benzene rings is 2. The first-order chi connectivity index (χ1) is 21.0. The van der Waals surface area contributed by atoms with E-state index in [4.69, 9.17) is 28.9 Å². The number of amides is 4. The minimum absolute atomic E-state index is 0.0688. The number of nitrogens with one attached hydrogen (secondary N) is 2. The van der Waals surface area contributed by atoms with E-state index in [2.05, 4.69) is 48.4 Å². The molecule has 4 heterocycles. The molecule has 3 aliphatic heterocycles. The topological polar surface area (TPSA) is 151 Å². The van der Waals surface area contributed by atoms with Gasteiger partial charge in [-0.15, -0.1) is 0 Å². The monoisotopic (exact) mass is 699 g/mol. The molecule has 4 N–H and O–H groups in total. The molecule has 4 amide bonds. The number of halogens is 3. The summed E-state index contributed by atoms with van der Waals surface area (Å²) < 4.78 is 0.516. The number of nitrogens with zero attached hydrogens (tertiary/aromatic N) is 4. The number of rotatable bonds is 6. The van der Waals surface area contributed by atoms with E-state index >= 15 is 0 Å². The maximum atomic E-state index is 13.4. The number of nitrogen functional groups attached to an aromatic ring is 1. The second kappa shape index (κ2) is 11.7. The van der Waals surface area contributed by atoms with Crippen molar-refractivity contribution < 1.29 is 19.2 Å². The second-order valence-corrected chi connectivity index (χ2v) is 13.0. The minimum Gasteiger partial charge on any atom is -0.382 e. The van der Waals surface area contributed by atoms with Crippen molar-refractivity contribution in [3.05, 3.63) is 67.7 Å². The summed E-state index contributed by atoms with van der Waals surface area (Å²) in [5, 5.41) is 6.64. The highest BCUT2D eigenvalue weighted by molar-refractivity contribution is 9.10. The van der Waals surface area contributed by atoms with E-state index in [1.54, 1.807) is 36.5 Å². The molecule has 0 aliphatic carbocycles. The molecule has 14 heteroatoms. The van der Waals surface area contributed by atoms with Crippen molar-refractivity contribution in [2.45, 2.75) is 50.7 Å². The summed E-state index contributed by atoms with van der Waals surface area (Å²) >= 11 is 16.1. The van der Waals surface area contributed by atoms with Gasteiger partial charge in [0.1, 0.15) is 17.6 Å². The molecule has 3 aromatic rings. The molecular formula is C30H28BrCl2N7O4. The number of nitrogens with two attached hydrogens (primary N) is 1. The van der Waals surface area contributed by atoms with Gasteiger partial charge in [0.2, 0.25) is 11.8 Å². The predicted octanol–water partition coefficient (Wildman–Crippen LogP) is 4.35. The van der Waals surface area contributed by atoms with Gasteiger partial charge in [-0.25, -0.2) is 9.97 Å². The highest BCUT2D eigenvalue weighted by Gasteiger charge is 2.46. The molecule has 2 saturated heterocycles. The molecule has 11 nitrogen and oxygen atoms in total. The number of piperidine rings is 2. The number of anilines is 2. The van der Waals surface area contributed by atoms with Crippen LogP contribution < -0.4 is 21.3 Å². The van der Waals surface area contributed by atoms with Crippen molar-refractivity contribution in [2.75, 3.05) is 23.7 Å². The Bertz CT molecular complexity index is 1730. The number of hydrogen-bond donors (Lipinski definition) is 3. The summed E-state index contributed by atoms with van der Waals surface area (Å²) in [4.78, 5) is 62.7. The Balaban J connectivity index is 1.11. The number of hydrogen-bond acceptors (Lipinski definition) is 9. The van der Waals surface area contributed by atoms with Gasteiger partial charge in [0.15, 0.2) is 5.82 Å². The molecule has 2 aromatic carbocycles. The van der Waals surface area contributed by atoms with Crippen LogP contribution in [0.2, 0.25) is 10.0 Å². The summed E-state index contributed by atoms with van der Waals surface area (Å²) in [6, 6.07) is 7.70. The highest BCUT2D eigenvalue weighted by atomic mass is 79.9. The molecule has 228 valence electrons. The summed E-state index contributed by atoms with van der Waals surface area (Å²) in [6.45, 7) is 4.03. The Labute approximate surface area is 271 Å². The maximum absolute atomic E-state index is 13.4. The molecule has 0 bridgehead atoms. The van der Waals surface area contributed by atoms with Gasteiger partial charge in [-0.3, -0.25) is 29.4 Å². The Kier molecular flexibility index (Phi) is 8.12. The summed E-state index contributed by atoms with van der Waals surface area (Å²) in [6.07, 6.45) is 3.48. The quantitative estimate of drug-likeness (QED) is 0.319. The third-order valence-electron chi connectivity index (χ3n) is 8.52. The number of carbonyl (C=O) groups excluding carboxylic acids is 4. The van der Waals surface area contributed by atoms with Crippen molar-refractivity contribution in [1.29, 1.82) is 0 Å². The second-order valence-electron chi connectivity index (χ2n) is 11.4. The molecule has 44 heavy (non-hydrogen) atoms. The average molecular weight is 701 g/mol. The molecule has 1 atom stereocenters. The molecule has 6 rings (SSSR count). The zero-order valence-corrected chi connectivity index (χ0v) is 26.7. The SMILES string of the molecule is CC1(NCc2ccc3c(c2Br)C(=O)N(C2CCC(=O)NC2=O)C3=O)CCN(c2cnc(-c3cccc(Cl)c3Cl)c(N)n2)CC1. The molecule has 1 aromatic heterocycles. The zero-order chi connectivity index (χ0) is 31.3. The fourth-order valence-corrected chi connectivity index (χ4v) is 6.90. The van der Waals surface area contributed by atoms with Crippen molar-refractivity contribution in [3.63, 3.8) is 0 Å². The van der Waals surface area contributed by atoms with E-state index in [1.165, 1.54) is 0 Å². The summed E-state index contributed by atoms with van der Waals surface area (Å²) in [5.41, 5.74) is 8.45. The molecule has 2 fully saturated rings. The molecule has 0 radical (unpaired) electrons. The summed E-state index contributed by atoms with van der Waals surface area (Å²) in [7, 11) is 0. The van der Waals surface area contributed by atoms with Crippen LogP contribution in [-0.4, -0.2) is 63.2 Å². The van der Waals surface area contributed by atoms with Crippen LogP contribution in [0.15, 0.2) is 41.0 Å². The van der Waals surface area contributed by atoms with Crippen LogP contribution in [0, 0.1) is 0 Å². The van der Waals surface area contributed by atoms with Gasteiger partial charge in [-0.05, 0) is 59.8 Å². The van der Waals surface area contributed by atoms with Gasteiger partial charge in [-0.2, -0.15) is 0 Å². The van der Waals surface area contributed by atoms with E-state index in [-0.39, 0.29) is 35.3 Å². The smallest absolute Gasteiger partial charge is 0.263 e. The largest absolute Gasteiger partial charge is 0.382 e. The predicted molar refractivity (Wildman–Crippen MR) is 169 cm³/mol. The molecule has 3 aliphatic rings. The lowest BCUT2D eigenvalue weighted by atomic mass is 9.89. The van der Waals surface area contributed by atoms with Crippen LogP contribution in [0.25, 0.3) is 11.3 Å². The lowest BCUT2D eigenvalue weighted by molar-refractivity contribution is -0.136. The fraction of sp³-hybridized carbons (Fsp3) is 0.333. The Morgan fingerprint density at radius 3 is 2.55 bits per heavy atom. The van der Waals surface area contributed by atoms with Crippen LogP contribution in [0.4, 0.5) is 11.6 Å². The van der Waals surface area contributed by atoms with Gasteiger partial charge in [-0.1, -0.05) is 41.4 Å². The lowest BCUT2D eigenvalue weighted by Crippen LogP contribution is -2.54. The maximum Gasteiger partial charge on any atom is 0.263 e. The summed E-state index contributed by atoms with van der Waals surface area (Å²) in [5.74, 6) is -1.18. The van der Waals surface area contributed by atoms with E-state index in [1.807, 2.05) is 0 Å². The van der Waals surface area contributed by atoms with Crippen molar-refractivity contribution in [3.8, 4) is 11.3 Å². The van der Waals surface area contributed by atoms with Crippen LogP contribution in [-0.2, 0) is 16.1 Å². The highest BCUT2D eigenvalue weighted by Crippen LogP contribution is 2.37. The van der Waals surface area contributed by atoms with Gasteiger partial charge in [0.05, 0.1) is 27.4 Å². The third-order valence-corrected chi connectivity index (χ3v) is 10.2. The number of carbonyl (C=O) groups is 4. The van der Waals surface area contributed by atoms with Crippen molar-refractivity contribution in [2.24, 2.45) is 0 Å². The minimum atomic E-state index is -1.01. The van der Waals surface area contributed by atoms with Gasteiger partial charge >= 0.3 is 0 Å². The number of imide groups is 2. The first-order valence-corrected chi connectivity index (χ1v) is 15.6. The third kappa shape index (κ3) is 5.44. The van der Waals surface area contributed by atoms with Crippen LogP contribution in [0.5, 0.6) is 0 Å². The first kappa shape index (κ1) is 30.4. The van der Waals surface area contributed by atoms with Crippen molar-refractivity contribution in [1.82, 2.24) is 25.5 Å². The van der Waals surface area contributed by atoms with Gasteiger partial charge < -0.3 is 16.0 Å². The van der Waals surface area contributed by atoms with E-state index in [0.717, 1.165) is 23.3 Å². The van der Waals surface area contributed by atoms with Gasteiger partial charge in [0.25, 0.3) is 11.8 Å². The normalized spacial score (nSPS) is 19.8. The molecule has 0 saturated carbocycles. The molecule has 1 unspecified atom stereocenters. The Hall–Kier alpha value is -3.58. The standard InChI is InChI=1S/C30H28BrCl2N7O4/c1-30(9-11-39(12-10-30)20-14-35-25(26(34)37-20)17-3-2-4-18(32)24(17)33)36-13-15-5-6-16-22(23(15)31)29(44)40(28(16)43)19-7-8-21(41)38-27(19)42/h2-6,14,19,36H,7-13H2,1H3,(H2,34,37)(H,38,41,42). The van der Waals surface area contributed by atoms with E-state index in [9.17, 15) is 19.2 Å². The molecular weight excluding hydrogens is 673 g/mol. The number of aromatic nitrogens is 2. The Morgan fingerprint density at radius 1 is 1.09 bits per heavy atom.